The maximum atomic E-state index is 12.3. The van der Waals surface area contributed by atoms with Gasteiger partial charge >= 0.3 is 0 Å². The Kier molecular flexibility index (Phi) is 4.08. The molecule has 5 rings (SSSR count). The van der Waals surface area contributed by atoms with E-state index in [0.29, 0.717) is 12.3 Å². The van der Waals surface area contributed by atoms with Crippen molar-refractivity contribution in [3.63, 3.8) is 0 Å². The Bertz CT molecular complexity index is 451. The minimum Gasteiger partial charge on any atom is -0.354 e. The van der Waals surface area contributed by atoms with E-state index in [1.54, 1.807) is 0 Å². The van der Waals surface area contributed by atoms with Gasteiger partial charge in [0.15, 0.2) is 0 Å². The van der Waals surface area contributed by atoms with Crippen LogP contribution in [0.15, 0.2) is 0 Å². The van der Waals surface area contributed by atoms with E-state index in [0.717, 1.165) is 37.4 Å². The number of carbonyl (C=O) groups excluding carboxylic acids is 2. The molecule has 0 radical (unpaired) electrons. The summed E-state index contributed by atoms with van der Waals surface area (Å²) in [5.74, 6) is 3.18. The van der Waals surface area contributed by atoms with E-state index in [-0.39, 0.29) is 23.8 Å². The summed E-state index contributed by atoms with van der Waals surface area (Å²) >= 11 is 0. The topological polar surface area (TPSA) is 70.2 Å². The van der Waals surface area contributed by atoms with Crippen molar-refractivity contribution in [2.75, 3.05) is 26.2 Å². The van der Waals surface area contributed by atoms with Gasteiger partial charge in [-0.3, -0.25) is 9.59 Å². The number of hydrogen-bond donors (Lipinski definition) is 3. The summed E-state index contributed by atoms with van der Waals surface area (Å²) in [6, 6.07) is 0. The fourth-order valence-corrected chi connectivity index (χ4v) is 5.90. The summed E-state index contributed by atoms with van der Waals surface area (Å²) < 4.78 is 0. The van der Waals surface area contributed by atoms with Crippen molar-refractivity contribution < 1.29 is 9.59 Å². The zero-order chi connectivity index (χ0) is 15.9. The Morgan fingerprint density at radius 1 is 0.913 bits per heavy atom. The lowest BCUT2D eigenvalue weighted by Crippen LogP contribution is -2.50. The van der Waals surface area contributed by atoms with Crippen molar-refractivity contribution in [1.29, 1.82) is 0 Å². The quantitative estimate of drug-likeness (QED) is 0.685. The zero-order valence-corrected chi connectivity index (χ0v) is 13.9. The molecular formula is C18H29N3O2. The van der Waals surface area contributed by atoms with E-state index in [2.05, 4.69) is 16.0 Å². The number of hydrogen-bond acceptors (Lipinski definition) is 3. The molecule has 0 aromatic rings. The average Bonchev–Trinajstić information content (AvgIpc) is 2.41. The fourth-order valence-electron chi connectivity index (χ4n) is 5.90. The molecule has 0 spiro atoms. The summed E-state index contributed by atoms with van der Waals surface area (Å²) in [6.45, 7) is 2.82. The molecule has 5 heteroatoms. The second-order valence-corrected chi connectivity index (χ2v) is 8.70. The third-order valence-corrected chi connectivity index (χ3v) is 6.60. The van der Waals surface area contributed by atoms with Gasteiger partial charge in [-0.25, -0.2) is 0 Å². The van der Waals surface area contributed by atoms with Gasteiger partial charge in [0.25, 0.3) is 0 Å². The molecule has 1 aliphatic heterocycles. The molecule has 5 fully saturated rings. The smallest absolute Gasteiger partial charge is 0.239 e. The normalized spacial score (nSPS) is 38.2. The van der Waals surface area contributed by atoms with Gasteiger partial charge in [0.1, 0.15) is 0 Å². The molecule has 0 atom stereocenters. The lowest BCUT2D eigenvalue weighted by atomic mass is 9.49. The second-order valence-electron chi connectivity index (χ2n) is 8.70. The summed E-state index contributed by atoms with van der Waals surface area (Å²) in [5.41, 5.74) is 0.257. The van der Waals surface area contributed by atoms with Crippen LogP contribution in [0.1, 0.15) is 44.9 Å². The van der Waals surface area contributed by atoms with Crippen molar-refractivity contribution in [3.8, 4) is 0 Å². The highest BCUT2D eigenvalue weighted by molar-refractivity contribution is 5.84. The van der Waals surface area contributed by atoms with Gasteiger partial charge in [-0.05, 0) is 61.7 Å². The Balaban J connectivity index is 1.21. The molecular weight excluding hydrogens is 290 g/mol. The van der Waals surface area contributed by atoms with Crippen LogP contribution in [-0.2, 0) is 9.59 Å². The van der Waals surface area contributed by atoms with Crippen molar-refractivity contribution in [2.45, 2.75) is 44.9 Å². The second kappa shape index (κ2) is 6.08. The van der Waals surface area contributed by atoms with Gasteiger partial charge in [0.05, 0.1) is 6.54 Å². The Hall–Kier alpha value is -1.10. The summed E-state index contributed by atoms with van der Waals surface area (Å²) in [5, 5.41) is 8.94. The standard InChI is InChI=1S/C18H29N3O2/c22-16(21-11-17(23)20-10-15-8-19-9-15)7-18-4-12-1-13(5-18)3-14(2-12)6-18/h12-15,19H,1-11H2,(H,20,23)(H,21,22). The lowest BCUT2D eigenvalue weighted by Gasteiger charge is -2.56. The molecule has 0 aromatic carbocycles. The first-order chi connectivity index (χ1) is 11.1. The van der Waals surface area contributed by atoms with Crippen LogP contribution < -0.4 is 16.0 Å². The SMILES string of the molecule is O=C(CNC(=O)CC12CC3CC(CC(C3)C1)C2)NCC1CNC1. The molecule has 3 N–H and O–H groups in total. The molecule has 4 saturated carbocycles. The summed E-state index contributed by atoms with van der Waals surface area (Å²) in [4.78, 5) is 24.1. The van der Waals surface area contributed by atoms with Gasteiger partial charge < -0.3 is 16.0 Å². The molecule has 5 nitrogen and oxygen atoms in total. The molecule has 2 amide bonds. The van der Waals surface area contributed by atoms with Gasteiger partial charge in [0, 0.05) is 32.0 Å². The van der Waals surface area contributed by atoms with Crippen molar-refractivity contribution in [3.05, 3.63) is 0 Å². The molecule has 0 unspecified atom stereocenters. The first-order valence-corrected chi connectivity index (χ1v) is 9.34. The number of amides is 2. The first kappa shape index (κ1) is 15.4. The number of nitrogens with one attached hydrogen (secondary N) is 3. The third kappa shape index (κ3) is 3.39. The molecule has 1 saturated heterocycles. The minimum absolute atomic E-state index is 0.0595. The third-order valence-electron chi connectivity index (χ3n) is 6.60. The van der Waals surface area contributed by atoms with Crippen molar-refractivity contribution in [2.24, 2.45) is 29.1 Å². The van der Waals surface area contributed by atoms with Crippen LogP contribution in [0.2, 0.25) is 0 Å². The van der Waals surface area contributed by atoms with Crippen LogP contribution >= 0.6 is 0 Å². The molecule has 1 heterocycles. The number of rotatable bonds is 6. The van der Waals surface area contributed by atoms with Gasteiger partial charge in [-0.15, -0.1) is 0 Å². The molecule has 5 aliphatic rings. The van der Waals surface area contributed by atoms with Crippen LogP contribution in [0.25, 0.3) is 0 Å². The van der Waals surface area contributed by atoms with Gasteiger partial charge in [-0.1, -0.05) is 0 Å². The Morgan fingerprint density at radius 2 is 1.52 bits per heavy atom. The van der Waals surface area contributed by atoms with Crippen molar-refractivity contribution in [1.82, 2.24) is 16.0 Å². The highest BCUT2D eigenvalue weighted by atomic mass is 16.2. The highest BCUT2D eigenvalue weighted by Crippen LogP contribution is 2.61. The lowest BCUT2D eigenvalue weighted by molar-refractivity contribution is -0.132. The van der Waals surface area contributed by atoms with Crippen LogP contribution in [-0.4, -0.2) is 38.0 Å². The Morgan fingerprint density at radius 3 is 2.04 bits per heavy atom. The molecule has 128 valence electrons. The van der Waals surface area contributed by atoms with Gasteiger partial charge in [0.2, 0.25) is 11.8 Å². The van der Waals surface area contributed by atoms with Crippen LogP contribution in [0, 0.1) is 29.1 Å². The maximum Gasteiger partial charge on any atom is 0.239 e. The van der Waals surface area contributed by atoms with E-state index in [9.17, 15) is 9.59 Å². The Labute approximate surface area is 138 Å². The summed E-state index contributed by atoms with van der Waals surface area (Å²) in [7, 11) is 0. The van der Waals surface area contributed by atoms with E-state index in [1.165, 1.54) is 38.5 Å². The largest absolute Gasteiger partial charge is 0.354 e. The van der Waals surface area contributed by atoms with Crippen LogP contribution in [0.4, 0.5) is 0 Å². The van der Waals surface area contributed by atoms with Crippen LogP contribution in [0.5, 0.6) is 0 Å². The predicted molar refractivity (Wildman–Crippen MR) is 87.6 cm³/mol. The number of carbonyl (C=O) groups is 2. The van der Waals surface area contributed by atoms with E-state index < -0.39 is 0 Å². The monoisotopic (exact) mass is 319 g/mol. The predicted octanol–water partition coefficient (Wildman–Crippen LogP) is 1.04. The molecule has 4 bridgehead atoms. The van der Waals surface area contributed by atoms with Gasteiger partial charge in [-0.2, -0.15) is 0 Å². The maximum absolute atomic E-state index is 12.3. The zero-order valence-electron chi connectivity index (χ0n) is 13.9. The molecule has 0 aromatic heterocycles. The van der Waals surface area contributed by atoms with E-state index in [1.807, 2.05) is 0 Å². The molecule has 4 aliphatic carbocycles. The molecule has 23 heavy (non-hydrogen) atoms. The summed E-state index contributed by atoms with van der Waals surface area (Å²) in [6.07, 6.45) is 8.57. The van der Waals surface area contributed by atoms with E-state index in [4.69, 9.17) is 0 Å². The first-order valence-electron chi connectivity index (χ1n) is 9.34. The van der Waals surface area contributed by atoms with E-state index >= 15 is 0 Å². The fraction of sp³-hybridized carbons (Fsp3) is 0.889. The highest BCUT2D eigenvalue weighted by Gasteiger charge is 2.51. The van der Waals surface area contributed by atoms with Crippen molar-refractivity contribution >= 4 is 11.8 Å². The average molecular weight is 319 g/mol. The van der Waals surface area contributed by atoms with Crippen LogP contribution in [0.3, 0.4) is 0 Å². The minimum atomic E-state index is -0.0595.